The minimum atomic E-state index is 0.938. The van der Waals surface area contributed by atoms with Gasteiger partial charge in [0.15, 0.2) is 0 Å². The lowest BCUT2D eigenvalue weighted by Crippen LogP contribution is -2.14. The lowest BCUT2D eigenvalue weighted by atomic mass is 9.79. The summed E-state index contributed by atoms with van der Waals surface area (Å²) < 4.78 is 0. The molecule has 1 heteroatoms. The van der Waals surface area contributed by atoms with Gasteiger partial charge in [0.2, 0.25) is 0 Å². The molecule has 146 valence electrons. The van der Waals surface area contributed by atoms with E-state index in [1.54, 1.807) is 0 Å². The van der Waals surface area contributed by atoms with Crippen LogP contribution in [0.4, 0.5) is 0 Å². The van der Waals surface area contributed by atoms with E-state index in [2.05, 4.69) is 56.4 Å². The van der Waals surface area contributed by atoms with Crippen molar-refractivity contribution in [2.45, 2.75) is 84.5 Å². The van der Waals surface area contributed by atoms with Gasteiger partial charge in [-0.25, -0.2) is 0 Å². The predicted octanol–water partition coefficient (Wildman–Crippen LogP) is 7.63. The fourth-order valence-electron chi connectivity index (χ4n) is 4.46. The van der Waals surface area contributed by atoms with Crippen LogP contribution in [0.15, 0.2) is 42.6 Å². The van der Waals surface area contributed by atoms with Gasteiger partial charge in [-0.15, -0.1) is 0 Å². The number of hydrogen-bond donors (Lipinski definition) is 0. The van der Waals surface area contributed by atoms with E-state index in [0.29, 0.717) is 0 Å². The summed E-state index contributed by atoms with van der Waals surface area (Å²) in [6.07, 6.45) is 16.9. The van der Waals surface area contributed by atoms with Crippen LogP contribution in [0.2, 0.25) is 0 Å². The van der Waals surface area contributed by atoms with Crippen LogP contribution < -0.4 is 0 Å². The summed E-state index contributed by atoms with van der Waals surface area (Å²) in [5.74, 6) is 1.94. The molecule has 3 rings (SSSR count). The Labute approximate surface area is 166 Å². The summed E-state index contributed by atoms with van der Waals surface area (Å²) in [5.41, 5.74) is 5.18. The second-order valence-corrected chi connectivity index (χ2v) is 8.54. The number of nitrogens with zero attached hydrogens (tertiary/aromatic N) is 1. The Morgan fingerprint density at radius 3 is 2.11 bits per heavy atom. The normalized spacial score (nSPS) is 19.9. The molecule has 0 saturated heterocycles. The van der Waals surface area contributed by atoms with Gasteiger partial charge in [-0.1, -0.05) is 89.1 Å². The summed E-state index contributed by atoms with van der Waals surface area (Å²) in [5, 5.41) is 0. The first-order chi connectivity index (χ1) is 13.3. The second kappa shape index (κ2) is 10.6. The molecule has 1 aromatic carbocycles. The Balaban J connectivity index is 1.48. The molecule has 0 aliphatic heterocycles. The fraction of sp³-hybridized carbons (Fsp3) is 0.577. The summed E-state index contributed by atoms with van der Waals surface area (Å²) in [4.78, 5) is 4.74. The van der Waals surface area contributed by atoms with Crippen LogP contribution >= 0.6 is 0 Å². The zero-order chi connectivity index (χ0) is 18.9. The third kappa shape index (κ3) is 6.19. The highest BCUT2D eigenvalue weighted by Crippen LogP contribution is 2.33. The van der Waals surface area contributed by atoms with Gasteiger partial charge < -0.3 is 0 Å². The van der Waals surface area contributed by atoms with Crippen LogP contribution in [0.1, 0.15) is 82.8 Å². The van der Waals surface area contributed by atoms with Crippen molar-refractivity contribution >= 4 is 0 Å². The van der Waals surface area contributed by atoms with Crippen LogP contribution in [0, 0.1) is 11.8 Å². The monoisotopic (exact) mass is 363 g/mol. The lowest BCUT2D eigenvalue weighted by Gasteiger charge is -2.27. The smallest absolute Gasteiger partial charge is 0.0702 e. The molecule has 0 atom stereocenters. The molecule has 1 heterocycles. The molecule has 2 aromatic rings. The maximum atomic E-state index is 4.74. The standard InChI is InChI=1S/C26H37N/c1-3-5-6-7-22-14-17-25(18-15-22)26-19-16-24(20-27-26)13-12-23-10-8-21(4-2)9-11-23/h14-21,23H,3-13H2,1-2H3. The van der Waals surface area contributed by atoms with Crippen molar-refractivity contribution in [3.05, 3.63) is 53.7 Å². The van der Waals surface area contributed by atoms with Crippen LogP contribution in [0.25, 0.3) is 11.3 Å². The van der Waals surface area contributed by atoms with Gasteiger partial charge >= 0.3 is 0 Å². The van der Waals surface area contributed by atoms with Gasteiger partial charge in [-0.3, -0.25) is 4.98 Å². The second-order valence-electron chi connectivity index (χ2n) is 8.54. The van der Waals surface area contributed by atoms with Crippen molar-refractivity contribution in [1.82, 2.24) is 4.98 Å². The van der Waals surface area contributed by atoms with E-state index < -0.39 is 0 Å². The van der Waals surface area contributed by atoms with Gasteiger partial charge in [0.05, 0.1) is 5.69 Å². The van der Waals surface area contributed by atoms with Crippen molar-refractivity contribution in [3.8, 4) is 11.3 Å². The molecule has 0 unspecified atom stereocenters. The number of benzene rings is 1. The fourth-order valence-corrected chi connectivity index (χ4v) is 4.46. The number of aryl methyl sites for hydroxylation is 2. The van der Waals surface area contributed by atoms with Gasteiger partial charge in [-0.2, -0.15) is 0 Å². The number of aromatic nitrogens is 1. The third-order valence-corrected chi connectivity index (χ3v) is 6.53. The SMILES string of the molecule is CCCCCc1ccc(-c2ccc(CCC3CCC(CC)CC3)cn2)cc1. The molecule has 1 aromatic heterocycles. The van der Waals surface area contributed by atoms with E-state index in [4.69, 9.17) is 4.98 Å². The Morgan fingerprint density at radius 1 is 0.778 bits per heavy atom. The largest absolute Gasteiger partial charge is 0.256 e. The van der Waals surface area contributed by atoms with E-state index in [9.17, 15) is 0 Å². The summed E-state index contributed by atoms with van der Waals surface area (Å²) >= 11 is 0. The summed E-state index contributed by atoms with van der Waals surface area (Å²) in [6, 6.07) is 13.5. The summed E-state index contributed by atoms with van der Waals surface area (Å²) in [7, 11) is 0. The molecular formula is C26H37N. The maximum Gasteiger partial charge on any atom is 0.0702 e. The zero-order valence-corrected chi connectivity index (χ0v) is 17.4. The van der Waals surface area contributed by atoms with Gasteiger partial charge in [0, 0.05) is 11.8 Å². The van der Waals surface area contributed by atoms with Crippen molar-refractivity contribution < 1.29 is 0 Å². The first-order valence-corrected chi connectivity index (χ1v) is 11.3. The van der Waals surface area contributed by atoms with Gasteiger partial charge in [0.1, 0.15) is 0 Å². The van der Waals surface area contributed by atoms with Crippen LogP contribution in [0.3, 0.4) is 0 Å². The molecule has 0 radical (unpaired) electrons. The maximum absolute atomic E-state index is 4.74. The minimum absolute atomic E-state index is 0.938. The molecule has 27 heavy (non-hydrogen) atoms. The molecular weight excluding hydrogens is 326 g/mol. The quantitative estimate of drug-likeness (QED) is 0.417. The van der Waals surface area contributed by atoms with Crippen LogP contribution in [-0.2, 0) is 12.8 Å². The van der Waals surface area contributed by atoms with Crippen molar-refractivity contribution in [2.75, 3.05) is 0 Å². The highest BCUT2D eigenvalue weighted by atomic mass is 14.7. The van der Waals surface area contributed by atoms with E-state index in [1.807, 2.05) is 0 Å². The minimum Gasteiger partial charge on any atom is -0.256 e. The number of pyridine rings is 1. The van der Waals surface area contributed by atoms with Crippen molar-refractivity contribution in [2.24, 2.45) is 11.8 Å². The van der Waals surface area contributed by atoms with Gasteiger partial charge in [0.25, 0.3) is 0 Å². The average Bonchev–Trinajstić information content (AvgIpc) is 2.74. The van der Waals surface area contributed by atoms with Crippen LogP contribution in [0.5, 0.6) is 0 Å². The highest BCUT2D eigenvalue weighted by Gasteiger charge is 2.19. The summed E-state index contributed by atoms with van der Waals surface area (Å²) in [6.45, 7) is 4.60. The topological polar surface area (TPSA) is 12.9 Å². The first-order valence-electron chi connectivity index (χ1n) is 11.3. The van der Waals surface area contributed by atoms with E-state index >= 15 is 0 Å². The van der Waals surface area contributed by atoms with E-state index in [0.717, 1.165) is 17.5 Å². The highest BCUT2D eigenvalue weighted by molar-refractivity contribution is 5.59. The van der Waals surface area contributed by atoms with Crippen molar-refractivity contribution in [1.29, 1.82) is 0 Å². The molecule has 1 aliphatic carbocycles. The number of unbranched alkanes of at least 4 members (excludes halogenated alkanes) is 2. The first kappa shape index (κ1) is 20.1. The molecule has 1 saturated carbocycles. The lowest BCUT2D eigenvalue weighted by molar-refractivity contribution is 0.259. The van der Waals surface area contributed by atoms with E-state index in [-0.39, 0.29) is 0 Å². The third-order valence-electron chi connectivity index (χ3n) is 6.53. The Kier molecular flexibility index (Phi) is 7.93. The molecule has 0 bridgehead atoms. The number of rotatable bonds is 9. The molecule has 1 nitrogen and oxygen atoms in total. The predicted molar refractivity (Wildman–Crippen MR) is 117 cm³/mol. The molecule has 1 aliphatic rings. The Morgan fingerprint density at radius 2 is 1.48 bits per heavy atom. The van der Waals surface area contributed by atoms with E-state index in [1.165, 1.54) is 87.3 Å². The van der Waals surface area contributed by atoms with Crippen LogP contribution in [-0.4, -0.2) is 4.98 Å². The Hall–Kier alpha value is -1.63. The average molecular weight is 364 g/mol. The molecule has 0 N–H and O–H groups in total. The number of hydrogen-bond acceptors (Lipinski definition) is 1. The Bertz CT molecular complexity index is 648. The van der Waals surface area contributed by atoms with Gasteiger partial charge in [-0.05, 0) is 54.7 Å². The molecule has 1 fully saturated rings. The molecule has 0 amide bonds. The van der Waals surface area contributed by atoms with Crippen molar-refractivity contribution in [3.63, 3.8) is 0 Å². The zero-order valence-electron chi connectivity index (χ0n) is 17.4. The molecule has 0 spiro atoms.